The average molecular weight is 882 g/mol. The van der Waals surface area contributed by atoms with Crippen LogP contribution in [0.1, 0.15) is 5.82 Å². The van der Waals surface area contributed by atoms with Crippen LogP contribution in [0.15, 0.2) is 177 Å². The quantitative estimate of drug-likeness (QED) is 0.0953. The summed E-state index contributed by atoms with van der Waals surface area (Å²) in [4.78, 5) is 14.7. The van der Waals surface area contributed by atoms with Gasteiger partial charge in [0.05, 0.1) is 15.7 Å². The number of para-hydroxylation sites is 4. The van der Waals surface area contributed by atoms with Gasteiger partial charge in [-0.05, 0) is 81.4 Å². The first-order valence-corrected chi connectivity index (χ1v) is 22.3. The molecule has 5 nitrogen and oxygen atoms in total. The van der Waals surface area contributed by atoms with E-state index in [0.29, 0.717) is 5.56 Å². The molecular formula is C57H26B9N3O2. The van der Waals surface area contributed by atoms with E-state index in [1.165, 1.54) is 0 Å². The van der Waals surface area contributed by atoms with Crippen molar-refractivity contribution in [2.45, 2.75) is 0 Å². The molecule has 0 aliphatic heterocycles. The van der Waals surface area contributed by atoms with Gasteiger partial charge in [-0.15, -0.1) is 22.8 Å². The number of hydrogen-bond donors (Lipinski definition) is 0. The minimum Gasteiger partial charge on any atom is -0.455 e. The summed E-state index contributed by atoms with van der Waals surface area (Å²) in [6.45, 7) is 0. The van der Waals surface area contributed by atoms with Crippen molar-refractivity contribution in [2.24, 2.45) is 0 Å². The van der Waals surface area contributed by atoms with Crippen LogP contribution in [0.25, 0.3) is 117 Å². The predicted molar refractivity (Wildman–Crippen MR) is 300 cm³/mol. The number of aromatic nitrogens is 3. The summed E-state index contributed by atoms with van der Waals surface area (Å²) in [6, 6.07) is 50.9. The van der Waals surface area contributed by atoms with Gasteiger partial charge in [0, 0.05) is 43.8 Å². The van der Waals surface area contributed by atoms with Crippen LogP contribution in [0, 0.1) is 12.3 Å². The van der Waals surface area contributed by atoms with Crippen LogP contribution in [0.5, 0.6) is 0 Å². The number of terminal acetylenes is 1. The first-order valence-electron chi connectivity index (χ1n) is 22.3. The molecule has 11 rings (SSSR count). The molecule has 0 fully saturated rings. The Bertz CT molecular complexity index is 3940. The molecule has 0 aliphatic carbocycles. The van der Waals surface area contributed by atoms with E-state index in [0.717, 1.165) is 88.4 Å². The predicted octanol–water partition coefficient (Wildman–Crippen LogP) is 6.83. The highest BCUT2D eigenvalue weighted by atomic mass is 16.3. The lowest BCUT2D eigenvalue weighted by Crippen LogP contribution is -2.55. The summed E-state index contributed by atoms with van der Waals surface area (Å²) in [7, 11) is 57.6. The lowest BCUT2D eigenvalue weighted by Gasteiger charge is -2.21. The molecule has 308 valence electrons. The SMILES string of the molecule is [B]C([B])=C(/C([B])=C(/[B])C#C)c1nc(-c2cc(-c3cccc(-c4cccc5c4oc4ccccc45)c3)cc(-c3cccc(-c4cccc5c4oc4ccccc45)c3)c2)nc(-c2c([B])c([B])c([B])c([B])c2[B])n1. The molecule has 18 radical (unpaired) electrons. The Morgan fingerprint density at radius 1 is 0.423 bits per heavy atom. The van der Waals surface area contributed by atoms with Gasteiger partial charge >= 0.3 is 0 Å². The van der Waals surface area contributed by atoms with Crippen LogP contribution < -0.4 is 27.3 Å². The van der Waals surface area contributed by atoms with Gasteiger partial charge in [-0.2, -0.15) is 5.37 Å². The summed E-state index contributed by atoms with van der Waals surface area (Å²) in [5.74, 6) is 2.33. The normalized spacial score (nSPS) is 11.8. The van der Waals surface area contributed by atoms with Gasteiger partial charge in [0.2, 0.25) is 0 Å². The number of hydrogen-bond acceptors (Lipinski definition) is 5. The van der Waals surface area contributed by atoms with Crippen LogP contribution in [-0.4, -0.2) is 85.6 Å². The van der Waals surface area contributed by atoms with Crippen molar-refractivity contribution >= 4 is 147 Å². The second kappa shape index (κ2) is 18.1. The zero-order valence-electron chi connectivity index (χ0n) is 37.9. The lowest BCUT2D eigenvalue weighted by atomic mass is 9.60. The molecule has 71 heavy (non-hydrogen) atoms. The summed E-state index contributed by atoms with van der Waals surface area (Å²) in [5.41, 5.74) is 10.5. The number of fused-ring (bicyclic) bond motifs is 6. The largest absolute Gasteiger partial charge is 0.455 e. The first kappa shape index (κ1) is 45.4. The van der Waals surface area contributed by atoms with E-state index < -0.39 is 0 Å². The minimum absolute atomic E-state index is 0.00827. The molecule has 0 saturated carbocycles. The summed E-state index contributed by atoms with van der Waals surface area (Å²) < 4.78 is 13.0. The molecule has 0 atom stereocenters. The highest BCUT2D eigenvalue weighted by molar-refractivity contribution is 6.68. The molecule has 0 unspecified atom stereocenters. The Balaban J connectivity index is 1.16. The third-order valence-corrected chi connectivity index (χ3v) is 12.8. The van der Waals surface area contributed by atoms with Crippen LogP contribution in [0.2, 0.25) is 0 Å². The van der Waals surface area contributed by atoms with E-state index in [4.69, 9.17) is 101 Å². The second-order valence-corrected chi connectivity index (χ2v) is 17.1. The lowest BCUT2D eigenvalue weighted by molar-refractivity contribution is 0.669. The Labute approximate surface area is 422 Å². The molecule has 8 aromatic carbocycles. The maximum atomic E-state index is 6.63. The van der Waals surface area contributed by atoms with E-state index in [1.54, 1.807) is 0 Å². The number of nitrogens with zero attached hydrogens (tertiary/aromatic N) is 3. The van der Waals surface area contributed by atoms with Gasteiger partial charge in [-0.3, -0.25) is 0 Å². The standard InChI is InChI=1S/C57H26B9N3O2/c1-2-41(58)46(59)45(54(65)66)57-68-55(67-56(69-57)44-47(60)49(62)51(64)50(63)48(44)61)34-26-32(28-11-7-13-30(23-28)35-17-9-19-39-37-15-3-5-21-42(37)70-52(35)39)25-33(27-34)29-12-8-14-31(24-29)36-18-10-20-40-38-16-4-6-22-43(38)71-53(36)40/h1,3-27H/b46-41-. The van der Waals surface area contributed by atoms with Crippen LogP contribution in [0.3, 0.4) is 0 Å². The zero-order valence-corrected chi connectivity index (χ0v) is 37.9. The van der Waals surface area contributed by atoms with E-state index >= 15 is 0 Å². The summed E-state index contributed by atoms with van der Waals surface area (Å²) in [6.07, 6.45) is 5.69. The monoisotopic (exact) mass is 883 g/mol. The van der Waals surface area contributed by atoms with Crippen molar-refractivity contribution < 1.29 is 8.83 Å². The van der Waals surface area contributed by atoms with Gasteiger partial charge in [-0.25, -0.2) is 15.0 Å². The van der Waals surface area contributed by atoms with Crippen molar-refractivity contribution in [3.63, 3.8) is 0 Å². The third kappa shape index (κ3) is 7.91. The molecule has 14 heteroatoms. The van der Waals surface area contributed by atoms with Gasteiger partial charge in [0.15, 0.2) is 17.5 Å². The van der Waals surface area contributed by atoms with Crippen LogP contribution in [0.4, 0.5) is 0 Å². The molecule has 3 aromatic heterocycles. The Morgan fingerprint density at radius 3 is 1.35 bits per heavy atom. The maximum absolute atomic E-state index is 6.63. The second-order valence-electron chi connectivity index (χ2n) is 17.1. The smallest absolute Gasteiger partial charge is 0.164 e. The molecule has 3 heterocycles. The molecule has 0 amide bonds. The Hall–Kier alpha value is -8.01. The topological polar surface area (TPSA) is 65.0 Å². The van der Waals surface area contributed by atoms with Crippen molar-refractivity contribution in [1.82, 2.24) is 15.0 Å². The first-order chi connectivity index (χ1) is 34.4. The van der Waals surface area contributed by atoms with Gasteiger partial charge in [0.25, 0.3) is 0 Å². The van der Waals surface area contributed by atoms with E-state index in [9.17, 15) is 0 Å². The van der Waals surface area contributed by atoms with Crippen molar-refractivity contribution in [2.75, 3.05) is 0 Å². The van der Waals surface area contributed by atoms with Crippen LogP contribution >= 0.6 is 0 Å². The molecule has 0 spiro atoms. The molecule has 0 aliphatic rings. The summed E-state index contributed by atoms with van der Waals surface area (Å²) in [5, 5.41) is 3.83. The van der Waals surface area contributed by atoms with Crippen LogP contribution in [-0.2, 0) is 0 Å². The fraction of sp³-hybridized carbons (Fsp3) is 0. The summed E-state index contributed by atoms with van der Waals surface area (Å²) >= 11 is 0. The van der Waals surface area contributed by atoms with E-state index in [-0.39, 0.29) is 72.2 Å². The Morgan fingerprint density at radius 2 is 0.845 bits per heavy atom. The van der Waals surface area contributed by atoms with Gasteiger partial charge < -0.3 is 8.83 Å². The zero-order chi connectivity index (χ0) is 49.2. The molecule has 0 saturated heterocycles. The maximum Gasteiger partial charge on any atom is 0.164 e. The van der Waals surface area contributed by atoms with Gasteiger partial charge in [0.1, 0.15) is 77.3 Å². The molecule has 11 aromatic rings. The van der Waals surface area contributed by atoms with Crippen molar-refractivity contribution in [1.29, 1.82) is 0 Å². The number of furan rings is 2. The fourth-order valence-corrected chi connectivity index (χ4v) is 9.21. The van der Waals surface area contributed by atoms with Gasteiger partial charge in [-0.1, -0.05) is 137 Å². The average Bonchev–Trinajstić information content (AvgIpc) is 3.98. The van der Waals surface area contributed by atoms with Crippen molar-refractivity contribution in [3.8, 4) is 79.6 Å². The third-order valence-electron chi connectivity index (χ3n) is 12.8. The Kier molecular flexibility index (Phi) is 11.6. The molecule has 0 N–H and O–H groups in total. The fourth-order valence-electron chi connectivity index (χ4n) is 9.21. The molecule has 0 bridgehead atoms. The number of rotatable bonds is 8. The van der Waals surface area contributed by atoms with E-state index in [1.807, 2.05) is 84.9 Å². The number of benzene rings is 8. The highest BCUT2D eigenvalue weighted by Gasteiger charge is 2.22. The molecular weight excluding hydrogens is 856 g/mol. The van der Waals surface area contributed by atoms with Crippen molar-refractivity contribution in [3.05, 3.63) is 174 Å². The number of allylic oxidation sites excluding steroid dienone is 3. The van der Waals surface area contributed by atoms with E-state index in [2.05, 4.69) is 72.7 Å². The highest BCUT2D eigenvalue weighted by Crippen LogP contribution is 2.41. The minimum atomic E-state index is -0.275.